The highest BCUT2D eigenvalue weighted by Crippen LogP contribution is 2.20. The quantitative estimate of drug-likeness (QED) is 0.570. The highest BCUT2D eigenvalue weighted by Gasteiger charge is 2.12. The molecule has 24 heavy (non-hydrogen) atoms. The zero-order valence-electron chi connectivity index (χ0n) is 12.7. The molecule has 0 aliphatic carbocycles. The minimum atomic E-state index is -0.175. The smallest absolute Gasteiger partial charge is 0.291 e. The molecular weight excluding hydrogens is 324 g/mol. The van der Waals surface area contributed by atoms with Crippen LogP contribution in [0.2, 0.25) is 0 Å². The Morgan fingerprint density at radius 3 is 2.71 bits per heavy atom. The lowest BCUT2D eigenvalue weighted by Crippen LogP contribution is -2.23. The van der Waals surface area contributed by atoms with Crippen molar-refractivity contribution in [3.63, 3.8) is 0 Å². The van der Waals surface area contributed by atoms with E-state index in [9.17, 15) is 4.79 Å². The van der Waals surface area contributed by atoms with Gasteiger partial charge in [0.2, 0.25) is 4.96 Å². The summed E-state index contributed by atoms with van der Waals surface area (Å²) in [5.41, 5.74) is 1.53. The third-order valence-electron chi connectivity index (χ3n) is 3.51. The number of ether oxygens (including phenoxy) is 1. The van der Waals surface area contributed by atoms with Gasteiger partial charge in [-0.3, -0.25) is 9.78 Å². The summed E-state index contributed by atoms with van der Waals surface area (Å²) in [7, 11) is 1.61. The monoisotopic (exact) mass is 336 g/mol. The maximum atomic E-state index is 12.5. The van der Waals surface area contributed by atoms with Crippen LogP contribution >= 0.6 is 11.3 Å². The molecule has 6 nitrogen and oxygen atoms in total. The predicted molar refractivity (Wildman–Crippen MR) is 92.1 cm³/mol. The molecule has 0 amide bonds. The van der Waals surface area contributed by atoms with Crippen molar-refractivity contribution in [1.82, 2.24) is 19.6 Å². The van der Waals surface area contributed by atoms with Gasteiger partial charge in [-0.15, -0.1) is 5.10 Å². The van der Waals surface area contributed by atoms with Crippen molar-refractivity contribution in [3.05, 3.63) is 69.2 Å². The van der Waals surface area contributed by atoms with Crippen LogP contribution < -0.4 is 14.8 Å². The van der Waals surface area contributed by atoms with Crippen LogP contribution in [0, 0.1) is 0 Å². The first kappa shape index (κ1) is 14.5. The first-order valence-electron chi connectivity index (χ1n) is 7.20. The fourth-order valence-corrected chi connectivity index (χ4v) is 3.22. The Balaban J connectivity index is 1.78. The summed E-state index contributed by atoms with van der Waals surface area (Å²) in [6, 6.07) is 11.1. The van der Waals surface area contributed by atoms with Crippen LogP contribution in [0.25, 0.3) is 22.4 Å². The minimum absolute atomic E-state index is 0.175. The SMILES string of the molecule is COc1ccc(-c2nc3s/c(=C/c4cccnc4)c(=O)n3n2)cc1. The molecule has 0 atom stereocenters. The zero-order valence-corrected chi connectivity index (χ0v) is 13.5. The molecule has 0 bridgehead atoms. The van der Waals surface area contributed by atoms with Crippen molar-refractivity contribution in [2.45, 2.75) is 0 Å². The van der Waals surface area contributed by atoms with E-state index >= 15 is 0 Å². The summed E-state index contributed by atoms with van der Waals surface area (Å²) in [4.78, 5) is 21.5. The summed E-state index contributed by atoms with van der Waals surface area (Å²) in [5, 5.41) is 4.33. The second kappa shape index (κ2) is 5.86. The molecule has 7 heteroatoms. The van der Waals surface area contributed by atoms with Gasteiger partial charge in [0, 0.05) is 18.0 Å². The Bertz CT molecular complexity index is 1100. The van der Waals surface area contributed by atoms with E-state index in [1.165, 1.54) is 15.9 Å². The van der Waals surface area contributed by atoms with E-state index < -0.39 is 0 Å². The highest BCUT2D eigenvalue weighted by atomic mass is 32.1. The standard InChI is InChI=1S/C17H12N4O2S/c1-23-13-6-4-12(5-7-13)15-19-17-21(20-15)16(22)14(24-17)9-11-3-2-8-18-10-11/h2-10H,1H3/b14-9+. The molecule has 1 aromatic carbocycles. The van der Waals surface area contributed by atoms with Gasteiger partial charge < -0.3 is 4.74 Å². The summed E-state index contributed by atoms with van der Waals surface area (Å²) in [6.45, 7) is 0. The molecule has 0 radical (unpaired) electrons. The molecular formula is C17H12N4O2S. The number of hydrogen-bond acceptors (Lipinski definition) is 6. The van der Waals surface area contributed by atoms with E-state index in [1.54, 1.807) is 25.6 Å². The Morgan fingerprint density at radius 2 is 2.04 bits per heavy atom. The number of fused-ring (bicyclic) bond motifs is 1. The fraction of sp³-hybridized carbons (Fsp3) is 0.0588. The van der Waals surface area contributed by atoms with Gasteiger partial charge in [-0.2, -0.15) is 9.50 Å². The summed E-state index contributed by atoms with van der Waals surface area (Å²) in [6.07, 6.45) is 5.20. The van der Waals surface area contributed by atoms with Crippen LogP contribution in [0.1, 0.15) is 5.56 Å². The summed E-state index contributed by atoms with van der Waals surface area (Å²) in [5.74, 6) is 1.28. The Labute approximate surface area is 140 Å². The molecule has 0 saturated heterocycles. The van der Waals surface area contributed by atoms with Crippen molar-refractivity contribution in [1.29, 1.82) is 0 Å². The van der Waals surface area contributed by atoms with E-state index in [-0.39, 0.29) is 5.56 Å². The lowest BCUT2D eigenvalue weighted by atomic mass is 10.2. The molecule has 0 N–H and O–H groups in total. The molecule has 0 aliphatic heterocycles. The fourth-order valence-electron chi connectivity index (χ4n) is 2.31. The average Bonchev–Trinajstić information content (AvgIpc) is 3.16. The maximum absolute atomic E-state index is 12.5. The molecule has 118 valence electrons. The first-order valence-corrected chi connectivity index (χ1v) is 8.02. The lowest BCUT2D eigenvalue weighted by molar-refractivity contribution is 0.415. The van der Waals surface area contributed by atoms with Crippen molar-refractivity contribution in [2.24, 2.45) is 0 Å². The van der Waals surface area contributed by atoms with Crippen LogP contribution in [0.5, 0.6) is 5.75 Å². The number of benzene rings is 1. The van der Waals surface area contributed by atoms with Gasteiger partial charge in [0.1, 0.15) is 5.75 Å². The van der Waals surface area contributed by atoms with Gasteiger partial charge in [-0.05, 0) is 42.0 Å². The highest BCUT2D eigenvalue weighted by molar-refractivity contribution is 7.15. The number of methoxy groups -OCH3 is 1. The van der Waals surface area contributed by atoms with E-state index in [0.717, 1.165) is 16.9 Å². The molecule has 0 aliphatic rings. The van der Waals surface area contributed by atoms with Crippen molar-refractivity contribution < 1.29 is 4.74 Å². The number of nitrogens with zero attached hydrogens (tertiary/aromatic N) is 4. The first-order chi connectivity index (χ1) is 11.7. The number of thiazole rings is 1. The Hall–Kier alpha value is -3.06. The molecule has 0 spiro atoms. The van der Waals surface area contributed by atoms with Gasteiger partial charge in [-0.1, -0.05) is 17.4 Å². The summed E-state index contributed by atoms with van der Waals surface area (Å²) < 4.78 is 7.06. The van der Waals surface area contributed by atoms with Crippen LogP contribution in [0.3, 0.4) is 0 Å². The number of rotatable bonds is 3. The Morgan fingerprint density at radius 1 is 1.21 bits per heavy atom. The van der Waals surface area contributed by atoms with Crippen LogP contribution in [-0.4, -0.2) is 26.7 Å². The van der Waals surface area contributed by atoms with Gasteiger partial charge in [0.05, 0.1) is 11.6 Å². The number of hydrogen-bond donors (Lipinski definition) is 0. The second-order valence-corrected chi connectivity index (χ2v) is 6.07. The van der Waals surface area contributed by atoms with Crippen LogP contribution in [0.4, 0.5) is 0 Å². The van der Waals surface area contributed by atoms with Gasteiger partial charge in [0.15, 0.2) is 5.82 Å². The third-order valence-corrected chi connectivity index (χ3v) is 4.47. The van der Waals surface area contributed by atoms with E-state index in [1.807, 2.05) is 36.4 Å². The van der Waals surface area contributed by atoms with E-state index in [0.29, 0.717) is 15.3 Å². The van der Waals surface area contributed by atoms with Crippen molar-refractivity contribution >= 4 is 22.4 Å². The van der Waals surface area contributed by atoms with Crippen LogP contribution in [-0.2, 0) is 0 Å². The molecule has 4 rings (SSSR count). The van der Waals surface area contributed by atoms with Crippen LogP contribution in [0.15, 0.2) is 53.6 Å². The Kier molecular flexibility index (Phi) is 3.55. The topological polar surface area (TPSA) is 69.4 Å². The molecule has 0 unspecified atom stereocenters. The molecule has 3 aromatic heterocycles. The van der Waals surface area contributed by atoms with E-state index in [4.69, 9.17) is 4.74 Å². The minimum Gasteiger partial charge on any atom is -0.497 e. The third kappa shape index (κ3) is 2.55. The second-order valence-electron chi connectivity index (χ2n) is 5.06. The maximum Gasteiger partial charge on any atom is 0.291 e. The number of aromatic nitrogens is 4. The van der Waals surface area contributed by atoms with Gasteiger partial charge in [-0.25, -0.2) is 0 Å². The molecule has 0 saturated carbocycles. The van der Waals surface area contributed by atoms with Gasteiger partial charge in [0.25, 0.3) is 5.56 Å². The van der Waals surface area contributed by atoms with E-state index in [2.05, 4.69) is 15.1 Å². The van der Waals surface area contributed by atoms with Crippen molar-refractivity contribution in [2.75, 3.05) is 7.11 Å². The summed E-state index contributed by atoms with van der Waals surface area (Å²) >= 11 is 1.31. The molecule has 3 heterocycles. The largest absolute Gasteiger partial charge is 0.497 e. The normalized spacial score (nSPS) is 12.0. The lowest BCUT2D eigenvalue weighted by Gasteiger charge is -1.99. The zero-order chi connectivity index (χ0) is 16.5. The molecule has 4 aromatic rings. The molecule has 0 fully saturated rings. The van der Waals surface area contributed by atoms with Crippen molar-refractivity contribution in [3.8, 4) is 17.1 Å². The predicted octanol–water partition coefficient (Wildman–Crippen LogP) is 1.77. The number of pyridine rings is 1. The van der Waals surface area contributed by atoms with Gasteiger partial charge >= 0.3 is 0 Å². The average molecular weight is 336 g/mol.